The molecule has 4 nitrogen and oxygen atoms in total. The highest BCUT2D eigenvalue weighted by atomic mass is 16.5. The molecule has 3 fully saturated rings. The number of esters is 1. The van der Waals surface area contributed by atoms with E-state index in [1.807, 2.05) is 0 Å². The number of hydrogen-bond acceptors (Lipinski definition) is 4. The van der Waals surface area contributed by atoms with Gasteiger partial charge in [0.1, 0.15) is 6.10 Å². The van der Waals surface area contributed by atoms with Crippen LogP contribution in [0.15, 0.2) is 35.9 Å². The Balaban J connectivity index is 1.36. The zero-order chi connectivity index (χ0) is 27.2. The lowest BCUT2D eigenvalue weighted by Gasteiger charge is -2.60. The summed E-state index contributed by atoms with van der Waals surface area (Å²) in [5, 5.41) is 10.8. The highest BCUT2D eigenvalue weighted by Gasteiger charge is 2.61. The predicted molar refractivity (Wildman–Crippen MR) is 154 cm³/mol. The molecule has 3 saturated carbocycles. The summed E-state index contributed by atoms with van der Waals surface area (Å²) < 4.78 is 6.29. The molecule has 4 aliphatic rings. The molecule has 1 aromatic carbocycles. The lowest BCUT2D eigenvalue weighted by atomic mass is 9.46. The molecule has 210 valence electrons. The number of carbonyl (C=O) groups excluding carboxylic acids is 1. The highest BCUT2D eigenvalue weighted by Crippen LogP contribution is 2.67. The summed E-state index contributed by atoms with van der Waals surface area (Å²) >= 11 is 0. The summed E-state index contributed by atoms with van der Waals surface area (Å²) in [7, 11) is 0. The molecule has 0 bridgehead atoms. The number of anilines is 1. The Hall–Kier alpha value is -1.81. The summed E-state index contributed by atoms with van der Waals surface area (Å²) in [4.78, 5) is 13.2. The smallest absolute Gasteiger partial charge is 0.338 e. The zero-order valence-corrected chi connectivity index (χ0v) is 24.4. The van der Waals surface area contributed by atoms with Crippen LogP contribution in [0.25, 0.3) is 0 Å². The third-order valence-electron chi connectivity index (χ3n) is 11.7. The molecule has 3 N–H and O–H groups in total. The van der Waals surface area contributed by atoms with Crippen molar-refractivity contribution >= 4 is 11.7 Å². The Morgan fingerprint density at radius 3 is 2.53 bits per heavy atom. The minimum Gasteiger partial charge on any atom is -0.458 e. The van der Waals surface area contributed by atoms with Crippen molar-refractivity contribution in [1.29, 1.82) is 0 Å². The number of nitrogens with two attached hydrogens (primary N) is 1. The number of ether oxygens (including phenoxy) is 1. The average molecular weight is 522 g/mol. The van der Waals surface area contributed by atoms with E-state index in [2.05, 4.69) is 40.7 Å². The number of aliphatic hydroxyl groups excluding tert-OH is 1. The van der Waals surface area contributed by atoms with Gasteiger partial charge >= 0.3 is 5.97 Å². The SMILES string of the molecule is CC(C)CCC[C@@H](C)[C@H]1CC[C@H]2[C@@H]3CC=C4C[C@@H](O)CC(OC(=O)c5ccc(N)cc5)[C@]4(C)[C@H]3CC[C@]12C. The van der Waals surface area contributed by atoms with Crippen molar-refractivity contribution in [2.75, 3.05) is 5.73 Å². The van der Waals surface area contributed by atoms with Gasteiger partial charge in [0.25, 0.3) is 0 Å². The largest absolute Gasteiger partial charge is 0.458 e. The monoisotopic (exact) mass is 521 g/mol. The molecular formula is C34H51NO3. The first-order valence-corrected chi connectivity index (χ1v) is 15.5. The van der Waals surface area contributed by atoms with Crippen molar-refractivity contribution in [3.8, 4) is 0 Å². The fourth-order valence-electron chi connectivity index (χ4n) is 9.69. The van der Waals surface area contributed by atoms with Gasteiger partial charge in [0, 0.05) is 17.5 Å². The molecule has 0 saturated heterocycles. The number of rotatable bonds is 7. The molecule has 0 spiro atoms. The van der Waals surface area contributed by atoms with E-state index in [9.17, 15) is 9.90 Å². The number of allylic oxidation sites excluding steroid dienone is 1. The van der Waals surface area contributed by atoms with Gasteiger partial charge in [-0.2, -0.15) is 0 Å². The van der Waals surface area contributed by atoms with Crippen molar-refractivity contribution in [1.82, 2.24) is 0 Å². The maximum atomic E-state index is 13.2. The Labute approximate surface area is 230 Å². The Kier molecular flexibility index (Phi) is 7.77. The minimum atomic E-state index is -0.452. The minimum absolute atomic E-state index is 0.200. The van der Waals surface area contributed by atoms with Crippen LogP contribution in [0.2, 0.25) is 0 Å². The first kappa shape index (κ1) is 27.7. The van der Waals surface area contributed by atoms with Gasteiger partial charge < -0.3 is 15.6 Å². The summed E-state index contributed by atoms with van der Waals surface area (Å²) in [5.41, 5.74) is 8.55. The van der Waals surface area contributed by atoms with Crippen molar-refractivity contribution in [3.63, 3.8) is 0 Å². The first-order valence-electron chi connectivity index (χ1n) is 15.5. The van der Waals surface area contributed by atoms with Crippen LogP contribution in [0.4, 0.5) is 5.69 Å². The third-order valence-corrected chi connectivity index (χ3v) is 11.7. The van der Waals surface area contributed by atoms with Gasteiger partial charge in [-0.25, -0.2) is 4.79 Å². The van der Waals surface area contributed by atoms with E-state index < -0.39 is 6.10 Å². The second-order valence-electron chi connectivity index (χ2n) is 14.3. The molecule has 9 atom stereocenters. The van der Waals surface area contributed by atoms with Gasteiger partial charge in [0.05, 0.1) is 11.7 Å². The number of nitrogen functional groups attached to an aromatic ring is 1. The normalized spacial score (nSPS) is 39.1. The van der Waals surface area contributed by atoms with E-state index in [0.717, 1.165) is 30.1 Å². The second kappa shape index (κ2) is 10.6. The Bertz CT molecular complexity index is 1030. The van der Waals surface area contributed by atoms with E-state index in [-0.39, 0.29) is 17.5 Å². The molecule has 0 aromatic heterocycles. The van der Waals surface area contributed by atoms with Crippen molar-refractivity contribution in [2.45, 2.75) is 111 Å². The molecule has 0 amide bonds. The quantitative estimate of drug-likeness (QED) is 0.218. The van der Waals surface area contributed by atoms with Crippen LogP contribution in [0.5, 0.6) is 0 Å². The zero-order valence-electron chi connectivity index (χ0n) is 24.4. The van der Waals surface area contributed by atoms with Gasteiger partial charge in [-0.3, -0.25) is 0 Å². The number of carbonyl (C=O) groups is 1. The Morgan fingerprint density at radius 1 is 1.08 bits per heavy atom. The summed E-state index contributed by atoms with van der Waals surface area (Å²) in [5.74, 6) is 4.01. The average Bonchev–Trinajstić information content (AvgIpc) is 3.22. The lowest BCUT2D eigenvalue weighted by Crippen LogP contribution is -2.56. The fourth-order valence-corrected chi connectivity index (χ4v) is 9.69. The molecule has 5 rings (SSSR count). The molecule has 4 aliphatic carbocycles. The van der Waals surface area contributed by atoms with Crippen LogP contribution in [0.3, 0.4) is 0 Å². The van der Waals surface area contributed by atoms with E-state index in [0.29, 0.717) is 41.3 Å². The van der Waals surface area contributed by atoms with Gasteiger partial charge in [-0.05, 0) is 104 Å². The maximum absolute atomic E-state index is 13.2. The van der Waals surface area contributed by atoms with Crippen LogP contribution in [-0.4, -0.2) is 23.3 Å². The van der Waals surface area contributed by atoms with E-state index in [1.165, 1.54) is 50.5 Å². The summed E-state index contributed by atoms with van der Waals surface area (Å²) in [6.45, 7) is 12.2. The molecule has 0 radical (unpaired) electrons. The van der Waals surface area contributed by atoms with Crippen molar-refractivity contribution < 1.29 is 14.6 Å². The predicted octanol–water partition coefficient (Wildman–Crippen LogP) is 7.81. The van der Waals surface area contributed by atoms with Crippen molar-refractivity contribution in [2.24, 2.45) is 46.3 Å². The van der Waals surface area contributed by atoms with Crippen LogP contribution in [0, 0.1) is 46.3 Å². The highest BCUT2D eigenvalue weighted by molar-refractivity contribution is 5.90. The topological polar surface area (TPSA) is 72.5 Å². The van der Waals surface area contributed by atoms with E-state index in [1.54, 1.807) is 24.3 Å². The summed E-state index contributed by atoms with van der Waals surface area (Å²) in [6, 6.07) is 6.98. The summed E-state index contributed by atoms with van der Waals surface area (Å²) in [6.07, 6.45) is 13.3. The van der Waals surface area contributed by atoms with Crippen LogP contribution < -0.4 is 5.73 Å². The molecule has 0 heterocycles. The standard InChI is InChI=1S/C34H51NO3/c1-21(2)7-6-8-22(3)28-15-16-29-27-14-11-24-19-26(36)20-31(34(24,5)30(27)17-18-33(28,29)4)38-32(37)23-9-12-25(35)13-10-23/h9-13,21-22,26-31,36H,6-8,14-20,35H2,1-5H3/t22-,26-,27+,28-,29+,30+,31?,33-,34+/m1/s1. The lowest BCUT2D eigenvalue weighted by molar-refractivity contribution is -0.113. The third kappa shape index (κ3) is 4.84. The van der Waals surface area contributed by atoms with Crippen LogP contribution >= 0.6 is 0 Å². The van der Waals surface area contributed by atoms with Crippen LogP contribution in [0.1, 0.15) is 109 Å². The van der Waals surface area contributed by atoms with Crippen molar-refractivity contribution in [3.05, 3.63) is 41.5 Å². The molecule has 38 heavy (non-hydrogen) atoms. The van der Waals surface area contributed by atoms with Gasteiger partial charge in [0.2, 0.25) is 0 Å². The van der Waals surface area contributed by atoms with Crippen LogP contribution in [-0.2, 0) is 4.74 Å². The maximum Gasteiger partial charge on any atom is 0.338 e. The van der Waals surface area contributed by atoms with E-state index in [4.69, 9.17) is 10.5 Å². The number of hydrogen-bond donors (Lipinski definition) is 2. The molecular weight excluding hydrogens is 470 g/mol. The number of aliphatic hydroxyl groups is 1. The Morgan fingerprint density at radius 2 is 1.82 bits per heavy atom. The first-order chi connectivity index (χ1) is 18.0. The second-order valence-corrected chi connectivity index (χ2v) is 14.3. The van der Waals surface area contributed by atoms with E-state index >= 15 is 0 Å². The van der Waals surface area contributed by atoms with Gasteiger partial charge in [-0.15, -0.1) is 0 Å². The van der Waals surface area contributed by atoms with Gasteiger partial charge in [-0.1, -0.05) is 65.5 Å². The molecule has 1 unspecified atom stereocenters. The molecule has 4 heteroatoms. The number of benzene rings is 1. The molecule has 0 aliphatic heterocycles. The molecule has 1 aromatic rings. The van der Waals surface area contributed by atoms with Gasteiger partial charge in [0.15, 0.2) is 0 Å². The number of fused-ring (bicyclic) bond motifs is 5. The fraction of sp³-hybridized carbons (Fsp3) is 0.735.